The molecule has 2 spiro atoms. The second kappa shape index (κ2) is 15.5. The van der Waals surface area contributed by atoms with Crippen molar-refractivity contribution >= 4 is 35.8 Å². The van der Waals surface area contributed by atoms with Crippen LogP contribution in [0.25, 0.3) is 0 Å². The highest BCUT2D eigenvalue weighted by molar-refractivity contribution is 6.16. The van der Waals surface area contributed by atoms with E-state index < -0.39 is 76.4 Å². The van der Waals surface area contributed by atoms with Crippen molar-refractivity contribution in [2.24, 2.45) is 0 Å². The molecule has 54 heavy (non-hydrogen) atoms. The molecule has 5 rings (SSSR count). The monoisotopic (exact) mass is 752 g/mol. The smallest absolute Gasteiger partial charge is 0.348 e. The van der Waals surface area contributed by atoms with E-state index in [4.69, 9.17) is 37.9 Å². The van der Waals surface area contributed by atoms with Crippen LogP contribution >= 0.6 is 0 Å². The number of carbonyl (C=O) groups is 6. The molecule has 0 radical (unpaired) electrons. The van der Waals surface area contributed by atoms with E-state index in [1.807, 2.05) is 13.8 Å². The van der Waals surface area contributed by atoms with Gasteiger partial charge in [-0.2, -0.15) is 0 Å². The summed E-state index contributed by atoms with van der Waals surface area (Å²) in [6.45, 7) is 6.77. The lowest BCUT2D eigenvalue weighted by Crippen LogP contribution is -2.54. The third-order valence-electron chi connectivity index (χ3n) is 8.82. The van der Waals surface area contributed by atoms with Crippen LogP contribution in [0.5, 0.6) is 0 Å². The molecule has 0 aromatic rings. The second-order valence-corrected chi connectivity index (χ2v) is 13.2. The summed E-state index contributed by atoms with van der Waals surface area (Å²) in [6.07, 6.45) is 14.5. The first kappa shape index (κ1) is 39.2. The van der Waals surface area contributed by atoms with Gasteiger partial charge in [-0.15, -0.1) is 0 Å². The lowest BCUT2D eigenvalue weighted by Gasteiger charge is -2.46. The van der Waals surface area contributed by atoms with Crippen molar-refractivity contribution in [3.05, 3.63) is 94.9 Å². The van der Waals surface area contributed by atoms with E-state index in [-0.39, 0.29) is 42.4 Å². The zero-order valence-electron chi connectivity index (χ0n) is 30.0. The lowest BCUT2D eigenvalue weighted by atomic mass is 9.87. The van der Waals surface area contributed by atoms with Crippen molar-refractivity contribution in [2.45, 2.75) is 102 Å². The molecule has 2 saturated heterocycles. The molecule has 2 N–H and O–H groups in total. The molecule has 0 bridgehead atoms. The number of aliphatic hydroxyl groups is 2. The normalized spacial score (nSPS) is 30.4. The summed E-state index contributed by atoms with van der Waals surface area (Å²) in [6, 6.07) is 0. The van der Waals surface area contributed by atoms with Crippen molar-refractivity contribution in [1.82, 2.24) is 0 Å². The Labute approximate surface area is 309 Å². The maximum Gasteiger partial charge on any atom is 0.348 e. The Morgan fingerprint density at radius 3 is 1.26 bits per heavy atom. The highest BCUT2D eigenvalue weighted by Gasteiger charge is 2.56. The molecule has 0 amide bonds. The topological polar surface area (TPSA) is 217 Å². The molecule has 3 fully saturated rings. The van der Waals surface area contributed by atoms with Crippen molar-refractivity contribution in [2.75, 3.05) is 0 Å². The van der Waals surface area contributed by atoms with Crippen LogP contribution in [0.2, 0.25) is 0 Å². The van der Waals surface area contributed by atoms with Gasteiger partial charge in [0.15, 0.2) is 0 Å². The molecule has 16 heteroatoms. The van der Waals surface area contributed by atoms with Crippen LogP contribution < -0.4 is 0 Å². The molecule has 0 aromatic carbocycles. The molecule has 4 heterocycles. The summed E-state index contributed by atoms with van der Waals surface area (Å²) in [4.78, 5) is 75.4. The minimum Gasteiger partial charge on any atom is -0.480 e. The fourth-order valence-corrected chi connectivity index (χ4v) is 6.16. The third kappa shape index (κ3) is 8.59. The van der Waals surface area contributed by atoms with Crippen molar-refractivity contribution < 1.29 is 76.9 Å². The van der Waals surface area contributed by atoms with Gasteiger partial charge in [-0.05, 0) is 37.1 Å². The van der Waals surface area contributed by atoms with Gasteiger partial charge in [0.05, 0.1) is 0 Å². The van der Waals surface area contributed by atoms with Crippen LogP contribution in [0.15, 0.2) is 94.9 Å². The third-order valence-corrected chi connectivity index (χ3v) is 8.82. The van der Waals surface area contributed by atoms with Gasteiger partial charge < -0.3 is 48.1 Å². The highest BCUT2D eigenvalue weighted by Crippen LogP contribution is 2.46. The van der Waals surface area contributed by atoms with Gasteiger partial charge in [0.1, 0.15) is 22.3 Å². The highest BCUT2D eigenvalue weighted by atomic mass is 16.8. The van der Waals surface area contributed by atoms with Gasteiger partial charge in [-0.25, -0.2) is 28.8 Å². The molecule has 1 saturated carbocycles. The van der Waals surface area contributed by atoms with E-state index in [1.54, 1.807) is 0 Å². The number of esters is 6. The zero-order chi connectivity index (χ0) is 39.3. The standard InChI is InChI=1S/C38H40O16/c1-5-17-35(3)47-27(39)23(28(40)48-35)13-9-7-11-15-25-31(43)51-37(52-32(25)44)19-21-38(22-20-37)53-33(45)26(34(46)54-38)16-12-8-10-14-24-29(41)49-36(4,18-6-2)50-30(24)42/h7-16,39,45H,5-6,17-22H2,1-4H3/b10-8+,11-7+,13-9+,16-12+,24-14?,25-15?. The molecule has 1 aliphatic carbocycles. The van der Waals surface area contributed by atoms with Gasteiger partial charge in [0.25, 0.3) is 35.0 Å². The van der Waals surface area contributed by atoms with Gasteiger partial charge in [0.2, 0.25) is 0 Å². The molecule has 5 aliphatic rings. The van der Waals surface area contributed by atoms with E-state index >= 15 is 0 Å². The average molecular weight is 753 g/mol. The van der Waals surface area contributed by atoms with Crippen molar-refractivity contribution in [1.29, 1.82) is 0 Å². The number of hydrogen-bond acceptors (Lipinski definition) is 16. The number of allylic oxidation sites excluding steroid dienone is 8. The average Bonchev–Trinajstić information content (AvgIpc) is 3.06. The number of cyclic esters (lactones) is 3. The number of carbonyl (C=O) groups excluding carboxylic acids is 6. The maximum atomic E-state index is 12.9. The summed E-state index contributed by atoms with van der Waals surface area (Å²) in [5.74, 6) is -12.4. The molecular weight excluding hydrogens is 712 g/mol. The van der Waals surface area contributed by atoms with E-state index in [0.717, 1.165) is 6.08 Å². The predicted molar refractivity (Wildman–Crippen MR) is 181 cm³/mol. The van der Waals surface area contributed by atoms with Gasteiger partial charge in [0, 0.05) is 52.4 Å². The maximum absolute atomic E-state index is 12.9. The summed E-state index contributed by atoms with van der Waals surface area (Å²) < 4.78 is 43.2. The van der Waals surface area contributed by atoms with E-state index in [9.17, 15) is 39.0 Å². The Bertz CT molecular complexity index is 1820. The van der Waals surface area contributed by atoms with Gasteiger partial charge in [-0.3, -0.25) is 0 Å². The Hall–Kier alpha value is -6.06. The molecule has 1 unspecified atom stereocenters. The second-order valence-electron chi connectivity index (χ2n) is 13.2. The van der Waals surface area contributed by atoms with Gasteiger partial charge in [-0.1, -0.05) is 50.3 Å². The molecular formula is C38H40O16. The minimum absolute atomic E-state index is 0.104. The lowest BCUT2D eigenvalue weighted by molar-refractivity contribution is -0.297. The van der Waals surface area contributed by atoms with Crippen LogP contribution in [0.3, 0.4) is 0 Å². The first-order valence-electron chi connectivity index (χ1n) is 17.3. The van der Waals surface area contributed by atoms with Crippen LogP contribution in [-0.2, 0) is 66.7 Å². The van der Waals surface area contributed by atoms with Crippen molar-refractivity contribution in [3.63, 3.8) is 0 Å². The largest absolute Gasteiger partial charge is 0.480 e. The summed E-state index contributed by atoms with van der Waals surface area (Å²) >= 11 is 0. The Balaban J connectivity index is 1.14. The first-order chi connectivity index (χ1) is 25.5. The van der Waals surface area contributed by atoms with E-state index in [1.165, 1.54) is 68.5 Å². The number of aliphatic hydroxyl groups excluding tert-OH is 2. The summed E-state index contributed by atoms with van der Waals surface area (Å²) in [7, 11) is 0. The molecule has 288 valence electrons. The van der Waals surface area contributed by atoms with Crippen LogP contribution in [-0.4, -0.2) is 69.2 Å². The van der Waals surface area contributed by atoms with E-state index in [2.05, 4.69) is 0 Å². The van der Waals surface area contributed by atoms with Crippen LogP contribution in [0.1, 0.15) is 79.1 Å². The summed E-state index contributed by atoms with van der Waals surface area (Å²) in [5.41, 5.74) is -1.24. The SMILES string of the molecule is CCCC1(C)OC(=O)C(=C/C=C/C=C/C2=C(O)OC3(CCC4(CC3)OC(=O)C(=C/C=C/C=C/C3=C(O)OC(C)(CCC)OC3=O)C(=O)O4)OC2=O)C(=O)O1. The Kier molecular flexibility index (Phi) is 11.2. The predicted octanol–water partition coefficient (Wildman–Crippen LogP) is 4.95. The molecule has 1 atom stereocenters. The number of hydrogen-bond donors (Lipinski definition) is 2. The quantitative estimate of drug-likeness (QED) is 0.0992. The molecule has 4 aliphatic heterocycles. The first-order valence-corrected chi connectivity index (χ1v) is 17.3. The van der Waals surface area contributed by atoms with Crippen LogP contribution in [0, 0.1) is 0 Å². The van der Waals surface area contributed by atoms with Crippen molar-refractivity contribution in [3.8, 4) is 0 Å². The molecule has 16 nitrogen and oxygen atoms in total. The fraction of sp³-hybridized carbons (Fsp3) is 0.421. The Morgan fingerprint density at radius 1 is 0.481 bits per heavy atom. The van der Waals surface area contributed by atoms with E-state index in [0.29, 0.717) is 25.7 Å². The minimum atomic E-state index is -1.65. The summed E-state index contributed by atoms with van der Waals surface area (Å²) in [5, 5.41) is 20.7. The fourth-order valence-electron chi connectivity index (χ4n) is 6.16. The molecule has 0 aromatic heterocycles. The van der Waals surface area contributed by atoms with Crippen LogP contribution in [0.4, 0.5) is 0 Å². The van der Waals surface area contributed by atoms with Gasteiger partial charge >= 0.3 is 35.8 Å². The number of ether oxygens (including phenoxy) is 8. The Morgan fingerprint density at radius 2 is 0.833 bits per heavy atom. The number of rotatable bonds is 10. The zero-order valence-corrected chi connectivity index (χ0v) is 30.0.